The maximum atomic E-state index is 13.1. The van der Waals surface area contributed by atoms with E-state index in [0.29, 0.717) is 17.5 Å². The fourth-order valence-corrected chi connectivity index (χ4v) is 4.70. The Morgan fingerprint density at radius 1 is 1.34 bits per heavy atom. The maximum Gasteiger partial charge on any atom is 0.433 e. The molecule has 0 saturated carbocycles. The van der Waals surface area contributed by atoms with Crippen molar-refractivity contribution in [3.05, 3.63) is 47.3 Å². The summed E-state index contributed by atoms with van der Waals surface area (Å²) in [6, 6.07) is 7.72. The third-order valence-electron chi connectivity index (χ3n) is 5.97. The number of rotatable bonds is 3. The second-order valence-corrected chi connectivity index (χ2v) is 7.56. The molecule has 1 saturated heterocycles. The highest BCUT2D eigenvalue weighted by atomic mass is 19.4. The van der Waals surface area contributed by atoms with Gasteiger partial charge in [0.05, 0.1) is 11.5 Å². The summed E-state index contributed by atoms with van der Waals surface area (Å²) in [4.78, 5) is 27.7. The molecule has 1 N–H and O–H groups in total. The van der Waals surface area contributed by atoms with Crippen molar-refractivity contribution >= 4 is 17.5 Å². The maximum absolute atomic E-state index is 13.1. The number of hydrogen-bond donors (Lipinski definition) is 1. The third kappa shape index (κ3) is 2.82. The summed E-state index contributed by atoms with van der Waals surface area (Å²) in [5.74, 6) is -0.743. The van der Waals surface area contributed by atoms with Crippen LogP contribution in [0, 0.1) is 0 Å². The Bertz CT molecular complexity index is 984. The predicted octanol–water partition coefficient (Wildman–Crippen LogP) is 3.34. The normalized spacial score (nSPS) is 23.6. The Labute approximate surface area is 165 Å². The molecule has 2 aliphatic rings. The van der Waals surface area contributed by atoms with E-state index in [0.717, 1.165) is 30.8 Å². The van der Waals surface area contributed by atoms with Crippen LogP contribution in [0.1, 0.15) is 47.9 Å². The molecule has 1 aromatic carbocycles. The first-order chi connectivity index (χ1) is 13.7. The van der Waals surface area contributed by atoms with Gasteiger partial charge in [-0.25, -0.2) is 0 Å². The summed E-state index contributed by atoms with van der Waals surface area (Å²) < 4.78 is 40.0. The first-order valence-corrected chi connectivity index (χ1v) is 9.53. The molecular weight excluding hydrogens is 385 g/mol. The molecule has 9 heteroatoms. The molecule has 1 spiro atoms. The second-order valence-electron chi connectivity index (χ2n) is 7.56. The van der Waals surface area contributed by atoms with Crippen LogP contribution in [0.25, 0.3) is 0 Å². The van der Waals surface area contributed by atoms with E-state index >= 15 is 0 Å². The lowest BCUT2D eigenvalue weighted by Gasteiger charge is -2.33. The minimum absolute atomic E-state index is 0.163. The van der Waals surface area contributed by atoms with Crippen molar-refractivity contribution in [2.45, 2.75) is 43.8 Å². The number of alkyl halides is 3. The number of hydrogen-bond acceptors (Lipinski definition) is 3. The van der Waals surface area contributed by atoms with E-state index in [-0.39, 0.29) is 18.1 Å². The van der Waals surface area contributed by atoms with Crippen molar-refractivity contribution in [2.75, 3.05) is 11.9 Å². The van der Waals surface area contributed by atoms with E-state index in [1.807, 2.05) is 31.2 Å². The summed E-state index contributed by atoms with van der Waals surface area (Å²) in [5.41, 5.74) is -0.555. The van der Waals surface area contributed by atoms with Crippen LogP contribution in [-0.4, -0.2) is 39.1 Å². The molecule has 1 fully saturated rings. The van der Waals surface area contributed by atoms with Crippen molar-refractivity contribution in [1.82, 2.24) is 14.7 Å². The van der Waals surface area contributed by atoms with Gasteiger partial charge in [0.15, 0.2) is 5.69 Å². The molecule has 2 atom stereocenters. The molecule has 0 radical (unpaired) electrons. The SMILES string of the molecule is CCC[C@@H]1N(C(=O)c2cc(C(F)(F)F)n(C)n2)CC[C@]12C(=O)Nc1ccccc12. The van der Waals surface area contributed by atoms with E-state index in [1.54, 1.807) is 0 Å². The molecular formula is C20H21F3N4O2. The Kier molecular flexibility index (Phi) is 4.43. The first kappa shape index (κ1) is 19.5. The molecule has 1 aromatic heterocycles. The number of likely N-dealkylation sites (tertiary alicyclic amines) is 1. The number of carbonyl (C=O) groups is 2. The average molecular weight is 406 g/mol. The topological polar surface area (TPSA) is 67.2 Å². The quantitative estimate of drug-likeness (QED) is 0.850. The second kappa shape index (κ2) is 6.60. The number of aryl methyl sites for hydroxylation is 1. The van der Waals surface area contributed by atoms with E-state index in [1.165, 1.54) is 4.90 Å². The van der Waals surface area contributed by atoms with Crippen LogP contribution in [0.15, 0.2) is 30.3 Å². The monoisotopic (exact) mass is 406 g/mol. The van der Waals surface area contributed by atoms with Gasteiger partial charge in [-0.15, -0.1) is 0 Å². The number of nitrogens with zero attached hydrogens (tertiary/aromatic N) is 3. The molecule has 2 aromatic rings. The standard InChI is InChI=1S/C20H21F3N4O2/c1-3-6-15-19(12-7-4-5-8-13(12)24-18(19)29)9-10-27(15)17(28)14-11-16(20(21,22)23)26(2)25-14/h4-5,7-8,11,15H,3,6,9-10H2,1-2H3,(H,24,29)/t15-,19+/m0/s1. The van der Waals surface area contributed by atoms with Crippen LogP contribution < -0.4 is 5.32 Å². The van der Waals surface area contributed by atoms with E-state index in [4.69, 9.17) is 0 Å². The van der Waals surface area contributed by atoms with Crippen LogP contribution in [-0.2, 0) is 23.4 Å². The molecule has 2 amide bonds. The van der Waals surface area contributed by atoms with Gasteiger partial charge in [-0.3, -0.25) is 14.3 Å². The number of carbonyl (C=O) groups excluding carboxylic acids is 2. The third-order valence-corrected chi connectivity index (χ3v) is 5.97. The van der Waals surface area contributed by atoms with Gasteiger partial charge in [0.2, 0.25) is 5.91 Å². The Morgan fingerprint density at radius 3 is 2.72 bits per heavy atom. The van der Waals surface area contributed by atoms with Crippen molar-refractivity contribution in [3.8, 4) is 0 Å². The molecule has 0 unspecified atom stereocenters. The van der Waals surface area contributed by atoms with E-state index in [2.05, 4.69) is 10.4 Å². The molecule has 3 heterocycles. The van der Waals surface area contributed by atoms with Crippen molar-refractivity contribution in [1.29, 1.82) is 0 Å². The van der Waals surface area contributed by atoms with Gasteiger partial charge in [0.25, 0.3) is 5.91 Å². The molecule has 0 bridgehead atoms. The smallest absolute Gasteiger partial charge is 0.333 e. The summed E-state index contributed by atoms with van der Waals surface area (Å²) in [5, 5.41) is 6.70. The Morgan fingerprint density at radius 2 is 2.07 bits per heavy atom. The lowest BCUT2D eigenvalue weighted by Crippen LogP contribution is -2.48. The van der Waals surface area contributed by atoms with Gasteiger partial charge in [-0.1, -0.05) is 31.5 Å². The fourth-order valence-electron chi connectivity index (χ4n) is 4.70. The number of fused-ring (bicyclic) bond motifs is 2. The van der Waals surface area contributed by atoms with Crippen molar-refractivity contribution < 1.29 is 22.8 Å². The van der Waals surface area contributed by atoms with Gasteiger partial charge < -0.3 is 10.2 Å². The first-order valence-electron chi connectivity index (χ1n) is 9.53. The van der Waals surface area contributed by atoms with Gasteiger partial charge in [0.1, 0.15) is 5.69 Å². The highest BCUT2D eigenvalue weighted by Gasteiger charge is 2.58. The van der Waals surface area contributed by atoms with Crippen LogP contribution in [0.4, 0.5) is 18.9 Å². The predicted molar refractivity (Wildman–Crippen MR) is 99.3 cm³/mol. The minimum atomic E-state index is -4.60. The molecule has 29 heavy (non-hydrogen) atoms. The zero-order chi connectivity index (χ0) is 21.0. The van der Waals surface area contributed by atoms with Crippen LogP contribution in [0.3, 0.4) is 0 Å². The van der Waals surface area contributed by atoms with Crippen LogP contribution in [0.2, 0.25) is 0 Å². The van der Waals surface area contributed by atoms with Gasteiger partial charge in [-0.2, -0.15) is 18.3 Å². The molecule has 154 valence electrons. The largest absolute Gasteiger partial charge is 0.433 e. The van der Waals surface area contributed by atoms with E-state index < -0.39 is 29.2 Å². The number of aromatic nitrogens is 2. The molecule has 2 aliphatic heterocycles. The highest BCUT2D eigenvalue weighted by molar-refractivity contribution is 6.08. The molecule has 6 nitrogen and oxygen atoms in total. The van der Waals surface area contributed by atoms with Crippen LogP contribution in [0.5, 0.6) is 0 Å². The van der Waals surface area contributed by atoms with Gasteiger partial charge >= 0.3 is 6.18 Å². The highest BCUT2D eigenvalue weighted by Crippen LogP contribution is 2.49. The van der Waals surface area contributed by atoms with Gasteiger partial charge in [-0.05, 0) is 24.5 Å². The lowest BCUT2D eigenvalue weighted by atomic mass is 9.73. The van der Waals surface area contributed by atoms with Crippen LogP contribution >= 0.6 is 0 Å². The minimum Gasteiger partial charge on any atom is -0.333 e. The van der Waals surface area contributed by atoms with E-state index in [9.17, 15) is 22.8 Å². The number of para-hydroxylation sites is 1. The number of nitrogens with one attached hydrogen (secondary N) is 1. The van der Waals surface area contributed by atoms with Gasteiger partial charge in [0, 0.05) is 25.3 Å². The molecule has 0 aliphatic carbocycles. The lowest BCUT2D eigenvalue weighted by molar-refractivity contribution is -0.143. The number of anilines is 1. The molecule has 4 rings (SSSR count). The zero-order valence-corrected chi connectivity index (χ0v) is 16.1. The summed E-state index contributed by atoms with van der Waals surface area (Å²) in [7, 11) is 1.16. The Balaban J connectivity index is 1.73. The van der Waals surface area contributed by atoms with Crippen molar-refractivity contribution in [3.63, 3.8) is 0 Å². The summed E-state index contributed by atoms with van der Waals surface area (Å²) >= 11 is 0. The van der Waals surface area contributed by atoms with Crippen molar-refractivity contribution in [2.24, 2.45) is 7.05 Å². The number of amides is 2. The fraction of sp³-hybridized carbons (Fsp3) is 0.450. The summed E-state index contributed by atoms with van der Waals surface area (Å²) in [6.07, 6.45) is -2.89. The Hall–Kier alpha value is -2.84. The summed E-state index contributed by atoms with van der Waals surface area (Å²) in [6.45, 7) is 2.24. The zero-order valence-electron chi connectivity index (χ0n) is 16.1. The number of halogens is 3. The average Bonchev–Trinajstić information content (AvgIpc) is 3.31. The number of benzene rings is 1.